The molecule has 0 heterocycles. The fourth-order valence-electron chi connectivity index (χ4n) is 2.51. The second-order valence-electron chi connectivity index (χ2n) is 6.55. The van der Waals surface area contributed by atoms with Crippen molar-refractivity contribution in [2.75, 3.05) is 18.4 Å². The predicted octanol–water partition coefficient (Wildman–Crippen LogP) is 3.50. The number of alkyl carbamates (subject to hydrolysis) is 1. The lowest BCUT2D eigenvalue weighted by Crippen LogP contribution is -2.33. The van der Waals surface area contributed by atoms with Crippen LogP contribution in [0.1, 0.15) is 44.7 Å². The molecule has 0 spiro atoms. The fourth-order valence-corrected chi connectivity index (χ4v) is 2.51. The first kappa shape index (κ1) is 15.7. The smallest absolute Gasteiger partial charge is 0.407 e. The normalized spacial score (nSPS) is 13.7. The van der Waals surface area contributed by atoms with Crippen LogP contribution in [-0.4, -0.2) is 24.8 Å². The van der Waals surface area contributed by atoms with Gasteiger partial charge in [0.2, 0.25) is 0 Å². The van der Waals surface area contributed by atoms with E-state index in [1.807, 2.05) is 20.8 Å². The summed E-state index contributed by atoms with van der Waals surface area (Å²) in [6.07, 6.45) is 4.22. The Balaban J connectivity index is 1.63. The van der Waals surface area contributed by atoms with Gasteiger partial charge in [0.05, 0.1) is 0 Å². The van der Waals surface area contributed by atoms with Gasteiger partial charge in [-0.3, -0.25) is 0 Å². The molecule has 2 N–H and O–H groups in total. The van der Waals surface area contributed by atoms with Gasteiger partial charge in [0.1, 0.15) is 5.60 Å². The minimum absolute atomic E-state index is 0.347. The van der Waals surface area contributed by atoms with E-state index in [9.17, 15) is 4.79 Å². The van der Waals surface area contributed by atoms with Gasteiger partial charge in [0, 0.05) is 18.8 Å². The molecular formula is C17H26N2O2. The zero-order chi connectivity index (χ0) is 15.3. The molecule has 21 heavy (non-hydrogen) atoms. The first-order valence-corrected chi connectivity index (χ1v) is 7.76. The number of amides is 1. The average Bonchev–Trinajstić information content (AvgIpc) is 2.83. The van der Waals surface area contributed by atoms with E-state index in [4.69, 9.17) is 4.74 Å². The summed E-state index contributed by atoms with van der Waals surface area (Å²) in [5.41, 5.74) is 3.71. The summed E-state index contributed by atoms with van der Waals surface area (Å²) < 4.78 is 5.18. The molecule has 0 saturated heterocycles. The number of carbonyl (C=O) groups excluding carboxylic acids is 1. The third kappa shape index (κ3) is 5.29. The van der Waals surface area contributed by atoms with Crippen molar-refractivity contribution in [1.29, 1.82) is 0 Å². The van der Waals surface area contributed by atoms with Crippen LogP contribution in [0.3, 0.4) is 0 Å². The summed E-state index contributed by atoms with van der Waals surface area (Å²) in [4.78, 5) is 11.5. The molecule has 0 aliphatic heterocycles. The summed E-state index contributed by atoms with van der Waals surface area (Å²) >= 11 is 0. The largest absolute Gasteiger partial charge is 0.444 e. The molecule has 1 aromatic rings. The SMILES string of the molecule is CC(C)(C)OC(=O)NCCCNc1ccc2c(c1)CCC2. The van der Waals surface area contributed by atoms with Crippen molar-refractivity contribution < 1.29 is 9.53 Å². The van der Waals surface area contributed by atoms with Crippen molar-refractivity contribution in [3.8, 4) is 0 Å². The predicted molar refractivity (Wildman–Crippen MR) is 85.8 cm³/mol. The van der Waals surface area contributed by atoms with Gasteiger partial charge in [-0.25, -0.2) is 4.79 Å². The Bertz CT molecular complexity index is 492. The first-order valence-electron chi connectivity index (χ1n) is 7.76. The Morgan fingerprint density at radius 2 is 1.95 bits per heavy atom. The number of nitrogens with one attached hydrogen (secondary N) is 2. The molecule has 2 rings (SSSR count). The van der Waals surface area contributed by atoms with E-state index in [0.29, 0.717) is 6.54 Å². The second kappa shape index (κ2) is 6.83. The third-order valence-corrected chi connectivity index (χ3v) is 3.45. The Kier molecular flexibility index (Phi) is 5.10. The highest BCUT2D eigenvalue weighted by Crippen LogP contribution is 2.24. The monoisotopic (exact) mass is 290 g/mol. The van der Waals surface area contributed by atoms with Crippen LogP contribution >= 0.6 is 0 Å². The molecule has 0 bridgehead atoms. The molecule has 0 unspecified atom stereocenters. The van der Waals surface area contributed by atoms with Crippen LogP contribution in [0.15, 0.2) is 18.2 Å². The molecule has 1 aromatic carbocycles. The number of benzene rings is 1. The zero-order valence-electron chi connectivity index (χ0n) is 13.3. The number of fused-ring (bicyclic) bond motifs is 1. The standard InChI is InChI=1S/C17H26N2O2/c1-17(2,3)21-16(20)19-11-5-10-18-15-9-8-13-6-4-7-14(13)12-15/h8-9,12,18H,4-7,10-11H2,1-3H3,(H,19,20). The quantitative estimate of drug-likeness (QED) is 0.816. The molecular weight excluding hydrogens is 264 g/mol. The number of carbonyl (C=O) groups is 1. The Morgan fingerprint density at radius 1 is 1.19 bits per heavy atom. The van der Waals surface area contributed by atoms with Gasteiger partial charge in [-0.1, -0.05) is 6.07 Å². The van der Waals surface area contributed by atoms with E-state index in [-0.39, 0.29) is 6.09 Å². The van der Waals surface area contributed by atoms with E-state index in [1.54, 1.807) is 0 Å². The van der Waals surface area contributed by atoms with E-state index >= 15 is 0 Å². The molecule has 4 heteroatoms. The molecule has 0 aromatic heterocycles. The Labute approximate surface area is 127 Å². The summed E-state index contributed by atoms with van der Waals surface area (Å²) in [5, 5.41) is 6.17. The van der Waals surface area contributed by atoms with Gasteiger partial charge < -0.3 is 15.4 Å². The number of rotatable bonds is 5. The van der Waals surface area contributed by atoms with E-state index in [0.717, 1.165) is 13.0 Å². The van der Waals surface area contributed by atoms with Gasteiger partial charge in [0.15, 0.2) is 0 Å². The fraction of sp³-hybridized carbons (Fsp3) is 0.588. The van der Waals surface area contributed by atoms with Gasteiger partial charge in [-0.05, 0) is 69.7 Å². The summed E-state index contributed by atoms with van der Waals surface area (Å²) in [5.74, 6) is 0. The minimum atomic E-state index is -0.438. The van der Waals surface area contributed by atoms with Crippen LogP contribution in [0.4, 0.5) is 10.5 Å². The number of hydrogen-bond acceptors (Lipinski definition) is 3. The van der Waals surface area contributed by atoms with E-state index in [1.165, 1.54) is 36.1 Å². The van der Waals surface area contributed by atoms with Crippen molar-refractivity contribution in [2.45, 2.75) is 52.1 Å². The molecule has 1 amide bonds. The van der Waals surface area contributed by atoms with Crippen LogP contribution in [0.5, 0.6) is 0 Å². The highest BCUT2D eigenvalue weighted by molar-refractivity contribution is 5.67. The molecule has 0 atom stereocenters. The maximum atomic E-state index is 11.5. The lowest BCUT2D eigenvalue weighted by Gasteiger charge is -2.19. The number of hydrogen-bond donors (Lipinski definition) is 2. The molecule has 0 saturated carbocycles. The van der Waals surface area contributed by atoms with Crippen LogP contribution in [0, 0.1) is 0 Å². The Hall–Kier alpha value is -1.71. The molecule has 4 nitrogen and oxygen atoms in total. The topological polar surface area (TPSA) is 50.4 Å². The molecule has 0 fully saturated rings. The third-order valence-electron chi connectivity index (χ3n) is 3.45. The first-order chi connectivity index (χ1) is 9.94. The van der Waals surface area contributed by atoms with Crippen molar-refractivity contribution >= 4 is 11.8 Å². The lowest BCUT2D eigenvalue weighted by molar-refractivity contribution is 0.0528. The van der Waals surface area contributed by atoms with Gasteiger partial charge in [-0.15, -0.1) is 0 Å². The van der Waals surface area contributed by atoms with Crippen molar-refractivity contribution in [3.05, 3.63) is 29.3 Å². The van der Waals surface area contributed by atoms with Crippen LogP contribution in [0.2, 0.25) is 0 Å². The molecule has 1 aliphatic rings. The number of ether oxygens (including phenoxy) is 1. The average molecular weight is 290 g/mol. The highest BCUT2D eigenvalue weighted by Gasteiger charge is 2.15. The molecule has 1 aliphatic carbocycles. The van der Waals surface area contributed by atoms with Crippen molar-refractivity contribution in [3.63, 3.8) is 0 Å². The Morgan fingerprint density at radius 3 is 2.71 bits per heavy atom. The summed E-state index contributed by atoms with van der Waals surface area (Å²) in [7, 11) is 0. The maximum Gasteiger partial charge on any atom is 0.407 e. The van der Waals surface area contributed by atoms with Gasteiger partial charge in [0.25, 0.3) is 0 Å². The molecule has 0 radical (unpaired) electrons. The number of anilines is 1. The van der Waals surface area contributed by atoms with Crippen molar-refractivity contribution in [2.24, 2.45) is 0 Å². The van der Waals surface area contributed by atoms with Gasteiger partial charge in [-0.2, -0.15) is 0 Å². The summed E-state index contributed by atoms with van der Waals surface area (Å²) in [6, 6.07) is 6.62. The maximum absolute atomic E-state index is 11.5. The van der Waals surface area contributed by atoms with E-state index < -0.39 is 5.60 Å². The molecule has 116 valence electrons. The lowest BCUT2D eigenvalue weighted by atomic mass is 10.1. The van der Waals surface area contributed by atoms with E-state index in [2.05, 4.69) is 28.8 Å². The van der Waals surface area contributed by atoms with Crippen LogP contribution in [0.25, 0.3) is 0 Å². The summed E-state index contributed by atoms with van der Waals surface area (Å²) in [6.45, 7) is 7.05. The van der Waals surface area contributed by atoms with Crippen molar-refractivity contribution in [1.82, 2.24) is 5.32 Å². The minimum Gasteiger partial charge on any atom is -0.444 e. The highest BCUT2D eigenvalue weighted by atomic mass is 16.6. The van der Waals surface area contributed by atoms with Crippen LogP contribution in [-0.2, 0) is 17.6 Å². The number of aryl methyl sites for hydroxylation is 2. The second-order valence-corrected chi connectivity index (χ2v) is 6.55. The van der Waals surface area contributed by atoms with Crippen LogP contribution < -0.4 is 10.6 Å². The van der Waals surface area contributed by atoms with Gasteiger partial charge >= 0.3 is 6.09 Å². The zero-order valence-corrected chi connectivity index (χ0v) is 13.3.